The molecule has 27 heavy (non-hydrogen) atoms. The minimum atomic E-state index is -1.40. The lowest BCUT2D eigenvalue weighted by Crippen LogP contribution is -3.14. The Labute approximate surface area is 157 Å². The summed E-state index contributed by atoms with van der Waals surface area (Å²) in [5.74, 6) is -0.805. The second-order valence-electron chi connectivity index (χ2n) is 9.14. The first-order valence-corrected chi connectivity index (χ1v) is 9.93. The van der Waals surface area contributed by atoms with Gasteiger partial charge in [0.2, 0.25) is 5.78 Å². The number of quaternary nitrogens is 1. The molecule has 5 aliphatic rings. The molecule has 0 aromatic heterocycles. The van der Waals surface area contributed by atoms with Crippen LogP contribution in [-0.2, 0) is 9.59 Å². The highest BCUT2D eigenvalue weighted by atomic mass is 16.3. The summed E-state index contributed by atoms with van der Waals surface area (Å²) in [5.41, 5.74) is -1.70. The predicted molar refractivity (Wildman–Crippen MR) is 95.9 cm³/mol. The van der Waals surface area contributed by atoms with Crippen LogP contribution < -0.4 is 4.90 Å². The molecule has 5 rings (SSSR count). The fraction of sp³-hybridized carbons (Fsp3) is 0.619. The summed E-state index contributed by atoms with van der Waals surface area (Å²) in [5, 5.41) is 33.5. The van der Waals surface area contributed by atoms with Crippen molar-refractivity contribution in [2.45, 2.75) is 49.9 Å². The van der Waals surface area contributed by atoms with Crippen LogP contribution in [0, 0.1) is 17.3 Å². The van der Waals surface area contributed by atoms with E-state index in [0.29, 0.717) is 17.9 Å². The van der Waals surface area contributed by atoms with Crippen molar-refractivity contribution in [3.8, 4) is 0 Å². The van der Waals surface area contributed by atoms with Gasteiger partial charge in [-0.3, -0.25) is 9.59 Å². The summed E-state index contributed by atoms with van der Waals surface area (Å²) in [7, 11) is 2.11. The fourth-order valence-electron chi connectivity index (χ4n) is 6.25. The Morgan fingerprint density at radius 1 is 1.26 bits per heavy atom. The van der Waals surface area contributed by atoms with Crippen LogP contribution in [0.15, 0.2) is 35.1 Å². The third kappa shape index (κ3) is 2.06. The summed E-state index contributed by atoms with van der Waals surface area (Å²) >= 11 is 0. The molecule has 3 saturated carbocycles. The van der Waals surface area contributed by atoms with Gasteiger partial charge >= 0.3 is 0 Å². The van der Waals surface area contributed by atoms with Crippen LogP contribution in [-0.4, -0.2) is 58.2 Å². The molecule has 0 heterocycles. The van der Waals surface area contributed by atoms with E-state index in [4.69, 9.17) is 0 Å². The number of nitrogens with one attached hydrogen (secondary N) is 1. The zero-order valence-electron chi connectivity index (χ0n) is 15.4. The number of hydrogen-bond donors (Lipinski definition) is 4. The summed E-state index contributed by atoms with van der Waals surface area (Å²) in [6.07, 6.45) is 6.74. The van der Waals surface area contributed by atoms with Crippen LogP contribution in [0.5, 0.6) is 0 Å². The van der Waals surface area contributed by atoms with Crippen molar-refractivity contribution in [3.63, 3.8) is 0 Å². The molecule has 0 amide bonds. The monoisotopic (exact) mass is 372 g/mol. The van der Waals surface area contributed by atoms with Gasteiger partial charge in [0, 0.05) is 24.3 Å². The molecule has 0 aliphatic heterocycles. The smallest absolute Gasteiger partial charge is 0.220 e. The zero-order valence-corrected chi connectivity index (χ0v) is 15.4. The highest BCUT2D eigenvalue weighted by Gasteiger charge is 2.74. The highest BCUT2D eigenvalue weighted by molar-refractivity contribution is 6.06. The molecule has 0 aromatic carbocycles. The van der Waals surface area contributed by atoms with Crippen LogP contribution in [0.25, 0.3) is 0 Å². The van der Waals surface area contributed by atoms with Crippen LogP contribution in [0.2, 0.25) is 0 Å². The average Bonchev–Trinajstić information content (AvgIpc) is 3.42. The molecule has 0 saturated heterocycles. The van der Waals surface area contributed by atoms with E-state index in [1.54, 1.807) is 6.08 Å². The number of aliphatic hydroxyl groups excluding tert-OH is 2. The number of ketones is 2. The standard InChI is InChI=1S/C21H25NO5/c1-22(10-11-2-3-11)14-9-20-17-12(4-5-15(23)18(17)25)8-13(14)21(20,27)7-6-16(24)19(20)26/h4-5,8,11,13-14,19,25-27H,2-3,6-7,9-10H2,1H3/p+1/t13?,14?,19?,20-,21?/m0/s1. The second kappa shape index (κ2) is 5.40. The van der Waals surface area contributed by atoms with Crippen molar-refractivity contribution >= 4 is 11.6 Å². The molecule has 5 unspecified atom stereocenters. The van der Waals surface area contributed by atoms with Gasteiger partial charge in [-0.1, -0.05) is 12.2 Å². The third-order valence-electron chi connectivity index (χ3n) is 7.74. The quantitative estimate of drug-likeness (QED) is 0.542. The molecule has 0 spiro atoms. The van der Waals surface area contributed by atoms with Crippen LogP contribution in [0.1, 0.15) is 32.1 Å². The first-order valence-electron chi connectivity index (χ1n) is 9.93. The summed E-state index contributed by atoms with van der Waals surface area (Å²) in [4.78, 5) is 26.0. The topological polar surface area (TPSA) is 99.3 Å². The predicted octanol–water partition coefficient (Wildman–Crippen LogP) is -0.368. The van der Waals surface area contributed by atoms with Gasteiger partial charge in [0.1, 0.15) is 6.10 Å². The van der Waals surface area contributed by atoms with E-state index in [2.05, 4.69) is 7.05 Å². The highest BCUT2D eigenvalue weighted by Crippen LogP contribution is 2.65. The molecule has 3 fully saturated rings. The van der Waals surface area contributed by atoms with Gasteiger partial charge in [0.05, 0.1) is 36.6 Å². The van der Waals surface area contributed by atoms with E-state index in [1.165, 1.54) is 23.8 Å². The van der Waals surface area contributed by atoms with Crippen molar-refractivity contribution in [3.05, 3.63) is 35.1 Å². The minimum absolute atomic E-state index is 0.0260. The molecule has 144 valence electrons. The lowest BCUT2D eigenvalue weighted by Gasteiger charge is -2.53. The fourth-order valence-corrected chi connectivity index (χ4v) is 6.25. The molecule has 6 heteroatoms. The van der Waals surface area contributed by atoms with Crippen molar-refractivity contribution in [1.82, 2.24) is 0 Å². The SMILES string of the molecule is C[NH+](CC1CC1)C1C[C@@]23C4=C(O)C(=O)C=CC4=CC1C2(O)CCC(=O)C3O. The van der Waals surface area contributed by atoms with Gasteiger partial charge in [0.15, 0.2) is 11.5 Å². The van der Waals surface area contributed by atoms with E-state index in [1.807, 2.05) is 6.08 Å². The Hall–Kier alpha value is -1.76. The maximum absolute atomic E-state index is 12.5. The number of aliphatic hydroxyl groups is 3. The van der Waals surface area contributed by atoms with Crippen molar-refractivity contribution < 1.29 is 29.8 Å². The molecular formula is C21H26NO5+. The molecule has 0 aromatic rings. The first kappa shape index (κ1) is 17.3. The van der Waals surface area contributed by atoms with E-state index < -0.39 is 28.7 Å². The van der Waals surface area contributed by atoms with Crippen LogP contribution in [0.4, 0.5) is 0 Å². The Bertz CT molecular complexity index is 838. The molecular weight excluding hydrogens is 346 g/mol. The molecule has 5 aliphatic carbocycles. The van der Waals surface area contributed by atoms with Gasteiger partial charge in [-0.05, 0) is 30.9 Å². The first-order chi connectivity index (χ1) is 12.8. The van der Waals surface area contributed by atoms with Gasteiger partial charge in [-0.2, -0.15) is 0 Å². The van der Waals surface area contributed by atoms with Crippen molar-refractivity contribution in [2.24, 2.45) is 17.3 Å². The number of Topliss-reactive ketones (excluding diaryl/α,β-unsaturated/α-hetero) is 1. The lowest BCUT2D eigenvalue weighted by molar-refractivity contribution is -0.910. The number of carbonyl (C=O) groups excluding carboxylic acids is 2. The number of rotatable bonds is 3. The van der Waals surface area contributed by atoms with E-state index in [-0.39, 0.29) is 36.2 Å². The maximum Gasteiger partial charge on any atom is 0.220 e. The third-order valence-corrected chi connectivity index (χ3v) is 7.74. The minimum Gasteiger partial charge on any atom is -0.504 e. The Morgan fingerprint density at radius 2 is 2.00 bits per heavy atom. The van der Waals surface area contributed by atoms with Crippen LogP contribution >= 0.6 is 0 Å². The number of hydrogen-bond acceptors (Lipinski definition) is 5. The van der Waals surface area contributed by atoms with Gasteiger partial charge in [0.25, 0.3) is 0 Å². The van der Waals surface area contributed by atoms with Crippen molar-refractivity contribution in [2.75, 3.05) is 13.6 Å². The van der Waals surface area contributed by atoms with E-state index >= 15 is 0 Å². The normalized spacial score (nSPS) is 44.1. The number of fused-ring (bicyclic) bond motifs is 1. The van der Waals surface area contributed by atoms with Crippen LogP contribution in [0.3, 0.4) is 0 Å². The number of allylic oxidation sites excluding steroid dienone is 3. The molecule has 2 bridgehead atoms. The Balaban J connectivity index is 1.70. The Morgan fingerprint density at radius 3 is 2.70 bits per heavy atom. The summed E-state index contributed by atoms with van der Waals surface area (Å²) in [6.45, 7) is 1.00. The molecule has 6 nitrogen and oxygen atoms in total. The van der Waals surface area contributed by atoms with Crippen molar-refractivity contribution in [1.29, 1.82) is 0 Å². The number of carbonyl (C=O) groups is 2. The van der Waals surface area contributed by atoms with Gasteiger partial charge < -0.3 is 20.2 Å². The Kier molecular flexibility index (Phi) is 3.47. The van der Waals surface area contributed by atoms with Gasteiger partial charge in [-0.15, -0.1) is 0 Å². The summed E-state index contributed by atoms with van der Waals surface area (Å²) in [6, 6.07) is 0.0260. The second-order valence-corrected chi connectivity index (χ2v) is 9.14. The van der Waals surface area contributed by atoms with Gasteiger partial charge in [-0.25, -0.2) is 0 Å². The van der Waals surface area contributed by atoms with E-state index in [0.717, 1.165) is 6.54 Å². The van der Waals surface area contributed by atoms with E-state index in [9.17, 15) is 24.9 Å². The molecule has 0 radical (unpaired) electrons. The lowest BCUT2D eigenvalue weighted by atomic mass is 9.53. The zero-order chi connectivity index (χ0) is 19.1. The summed E-state index contributed by atoms with van der Waals surface area (Å²) < 4.78 is 0. The molecule has 6 atom stereocenters. The maximum atomic E-state index is 12.5. The molecule has 4 N–H and O–H groups in total. The largest absolute Gasteiger partial charge is 0.504 e. The average molecular weight is 372 g/mol.